The third-order valence-electron chi connectivity index (χ3n) is 3.82. The zero-order chi connectivity index (χ0) is 16.2. The summed E-state index contributed by atoms with van der Waals surface area (Å²) in [4.78, 5) is 13.5. The van der Waals surface area contributed by atoms with E-state index in [0.29, 0.717) is 0 Å². The van der Waals surface area contributed by atoms with Crippen molar-refractivity contribution in [2.75, 3.05) is 6.26 Å². The standard InChI is InChI=1S/C19H19NOS2/c1-13(11-14-12-23-18-10-6-3-7-15(14)18)20-19(21)16-8-4-5-9-17(16)22-2/h3-10,12-13H,11H2,1-2H3,(H,20,21)/t13-/m0/s1. The number of nitrogens with one attached hydrogen (secondary N) is 1. The SMILES string of the molecule is CSc1ccccc1C(=O)N[C@@H](C)Cc1csc2ccccc12. The quantitative estimate of drug-likeness (QED) is 0.663. The molecular formula is C19H19NOS2. The van der Waals surface area contributed by atoms with Crippen molar-refractivity contribution in [2.45, 2.75) is 24.3 Å². The van der Waals surface area contributed by atoms with Gasteiger partial charge in [0.05, 0.1) is 5.56 Å². The van der Waals surface area contributed by atoms with Crippen molar-refractivity contribution in [1.82, 2.24) is 5.32 Å². The molecule has 1 N–H and O–H groups in total. The lowest BCUT2D eigenvalue weighted by Gasteiger charge is -2.15. The fourth-order valence-corrected chi connectivity index (χ4v) is 4.28. The van der Waals surface area contributed by atoms with Crippen molar-refractivity contribution < 1.29 is 4.79 Å². The highest BCUT2D eigenvalue weighted by molar-refractivity contribution is 7.98. The predicted molar refractivity (Wildman–Crippen MR) is 101 cm³/mol. The zero-order valence-corrected chi connectivity index (χ0v) is 14.8. The minimum atomic E-state index is 0.00184. The van der Waals surface area contributed by atoms with Gasteiger partial charge in [-0.3, -0.25) is 4.79 Å². The van der Waals surface area contributed by atoms with E-state index in [2.05, 4.69) is 41.9 Å². The molecule has 0 unspecified atom stereocenters. The van der Waals surface area contributed by atoms with E-state index in [1.807, 2.05) is 30.5 Å². The number of carbonyl (C=O) groups is 1. The first-order valence-electron chi connectivity index (χ1n) is 7.58. The summed E-state index contributed by atoms with van der Waals surface area (Å²) in [5.41, 5.74) is 2.05. The van der Waals surface area contributed by atoms with Crippen LogP contribution in [0.25, 0.3) is 10.1 Å². The Morgan fingerprint density at radius 3 is 2.74 bits per heavy atom. The van der Waals surface area contributed by atoms with E-state index in [0.717, 1.165) is 16.9 Å². The van der Waals surface area contributed by atoms with Gasteiger partial charge in [0.2, 0.25) is 0 Å². The van der Waals surface area contributed by atoms with E-state index in [-0.39, 0.29) is 11.9 Å². The van der Waals surface area contributed by atoms with Gasteiger partial charge in [-0.05, 0) is 54.1 Å². The molecule has 3 rings (SSSR count). The molecule has 118 valence electrons. The first-order chi connectivity index (χ1) is 11.2. The number of carbonyl (C=O) groups excluding carboxylic acids is 1. The smallest absolute Gasteiger partial charge is 0.252 e. The maximum atomic E-state index is 12.5. The number of hydrogen-bond donors (Lipinski definition) is 1. The van der Waals surface area contributed by atoms with E-state index < -0.39 is 0 Å². The molecule has 1 aromatic heterocycles. The third-order valence-corrected chi connectivity index (χ3v) is 5.62. The Morgan fingerprint density at radius 2 is 1.91 bits per heavy atom. The molecule has 0 aliphatic heterocycles. The molecule has 0 bridgehead atoms. The molecule has 0 saturated heterocycles. The van der Waals surface area contributed by atoms with Crippen LogP contribution in [-0.2, 0) is 6.42 Å². The van der Waals surface area contributed by atoms with Crippen LogP contribution in [0.5, 0.6) is 0 Å². The summed E-state index contributed by atoms with van der Waals surface area (Å²) in [5, 5.41) is 6.62. The molecule has 2 nitrogen and oxygen atoms in total. The average Bonchev–Trinajstić information content (AvgIpc) is 2.97. The van der Waals surface area contributed by atoms with Gasteiger partial charge in [0.25, 0.3) is 5.91 Å². The Labute approximate surface area is 144 Å². The van der Waals surface area contributed by atoms with Crippen LogP contribution in [0.3, 0.4) is 0 Å². The molecular weight excluding hydrogens is 322 g/mol. The van der Waals surface area contributed by atoms with Gasteiger partial charge in [-0.25, -0.2) is 0 Å². The topological polar surface area (TPSA) is 29.1 Å². The second-order valence-electron chi connectivity index (χ2n) is 5.54. The van der Waals surface area contributed by atoms with Crippen molar-refractivity contribution in [1.29, 1.82) is 0 Å². The van der Waals surface area contributed by atoms with E-state index in [9.17, 15) is 4.79 Å². The van der Waals surface area contributed by atoms with Crippen LogP contribution in [0.4, 0.5) is 0 Å². The lowest BCUT2D eigenvalue weighted by atomic mass is 10.1. The molecule has 0 saturated carbocycles. The molecule has 4 heteroatoms. The molecule has 1 heterocycles. The number of fused-ring (bicyclic) bond motifs is 1. The van der Waals surface area contributed by atoms with Crippen LogP contribution in [0, 0.1) is 0 Å². The Bertz CT molecular complexity index is 825. The Morgan fingerprint density at radius 1 is 1.17 bits per heavy atom. The first-order valence-corrected chi connectivity index (χ1v) is 9.68. The maximum Gasteiger partial charge on any atom is 0.252 e. The molecule has 0 spiro atoms. The van der Waals surface area contributed by atoms with Gasteiger partial charge in [0.15, 0.2) is 0 Å². The van der Waals surface area contributed by atoms with Crippen LogP contribution in [0.15, 0.2) is 58.8 Å². The monoisotopic (exact) mass is 341 g/mol. The molecule has 3 aromatic rings. The van der Waals surface area contributed by atoms with Gasteiger partial charge in [0, 0.05) is 15.6 Å². The Kier molecular flexibility index (Phi) is 5.03. The van der Waals surface area contributed by atoms with Gasteiger partial charge < -0.3 is 5.32 Å². The molecule has 1 amide bonds. The summed E-state index contributed by atoms with van der Waals surface area (Å²) in [6, 6.07) is 16.2. The van der Waals surface area contributed by atoms with Crippen molar-refractivity contribution >= 4 is 39.1 Å². The number of benzene rings is 2. The van der Waals surface area contributed by atoms with Crippen LogP contribution in [0.2, 0.25) is 0 Å². The summed E-state index contributed by atoms with van der Waals surface area (Å²) < 4.78 is 1.30. The number of amides is 1. The van der Waals surface area contributed by atoms with Crippen LogP contribution in [0.1, 0.15) is 22.8 Å². The van der Waals surface area contributed by atoms with E-state index in [4.69, 9.17) is 0 Å². The highest BCUT2D eigenvalue weighted by Gasteiger charge is 2.14. The molecule has 0 radical (unpaired) electrons. The first kappa shape index (κ1) is 16.1. The Balaban J connectivity index is 1.72. The van der Waals surface area contributed by atoms with Crippen molar-refractivity contribution in [3.05, 3.63) is 65.0 Å². The van der Waals surface area contributed by atoms with Crippen molar-refractivity contribution in [2.24, 2.45) is 0 Å². The van der Waals surface area contributed by atoms with Crippen molar-refractivity contribution in [3.8, 4) is 0 Å². The Hall–Kier alpha value is -1.78. The van der Waals surface area contributed by atoms with E-state index >= 15 is 0 Å². The van der Waals surface area contributed by atoms with Gasteiger partial charge in [-0.1, -0.05) is 30.3 Å². The molecule has 0 aliphatic carbocycles. The average molecular weight is 342 g/mol. The summed E-state index contributed by atoms with van der Waals surface area (Å²) in [6.07, 6.45) is 2.84. The molecule has 0 fully saturated rings. The third kappa shape index (κ3) is 3.59. The minimum absolute atomic E-state index is 0.00184. The summed E-state index contributed by atoms with van der Waals surface area (Å²) in [6.45, 7) is 2.06. The largest absolute Gasteiger partial charge is 0.349 e. The zero-order valence-electron chi connectivity index (χ0n) is 13.2. The van der Waals surface area contributed by atoms with Gasteiger partial charge in [-0.15, -0.1) is 23.1 Å². The van der Waals surface area contributed by atoms with Gasteiger partial charge in [-0.2, -0.15) is 0 Å². The highest BCUT2D eigenvalue weighted by atomic mass is 32.2. The predicted octanol–water partition coefficient (Wildman–Crippen LogP) is 4.98. The minimum Gasteiger partial charge on any atom is -0.349 e. The van der Waals surface area contributed by atoms with Crippen LogP contribution < -0.4 is 5.32 Å². The lowest BCUT2D eigenvalue weighted by Crippen LogP contribution is -2.34. The lowest BCUT2D eigenvalue weighted by molar-refractivity contribution is 0.0937. The molecule has 23 heavy (non-hydrogen) atoms. The number of hydrogen-bond acceptors (Lipinski definition) is 3. The molecule has 0 aliphatic rings. The van der Waals surface area contributed by atoms with E-state index in [1.165, 1.54) is 15.6 Å². The van der Waals surface area contributed by atoms with Crippen LogP contribution in [-0.4, -0.2) is 18.2 Å². The maximum absolute atomic E-state index is 12.5. The normalized spacial score (nSPS) is 12.3. The molecule has 1 atom stereocenters. The number of rotatable bonds is 5. The fourth-order valence-electron chi connectivity index (χ4n) is 2.71. The van der Waals surface area contributed by atoms with E-state index in [1.54, 1.807) is 23.1 Å². The molecule has 2 aromatic carbocycles. The second-order valence-corrected chi connectivity index (χ2v) is 7.30. The number of thioether (sulfide) groups is 1. The number of thiophene rings is 1. The summed E-state index contributed by atoms with van der Waals surface area (Å²) in [7, 11) is 0. The second kappa shape index (κ2) is 7.20. The van der Waals surface area contributed by atoms with Crippen molar-refractivity contribution in [3.63, 3.8) is 0 Å². The summed E-state index contributed by atoms with van der Waals surface area (Å²) >= 11 is 3.36. The fraction of sp³-hybridized carbons (Fsp3) is 0.211. The summed E-state index contributed by atoms with van der Waals surface area (Å²) in [5.74, 6) is 0.00184. The van der Waals surface area contributed by atoms with Gasteiger partial charge in [0.1, 0.15) is 0 Å². The van der Waals surface area contributed by atoms with Gasteiger partial charge >= 0.3 is 0 Å². The van der Waals surface area contributed by atoms with Crippen LogP contribution >= 0.6 is 23.1 Å². The highest BCUT2D eigenvalue weighted by Crippen LogP contribution is 2.26.